The molecule has 160 valence electrons. The molecule has 1 N–H and O–H groups in total. The second kappa shape index (κ2) is 8.75. The van der Waals surface area contributed by atoms with Crippen LogP contribution in [0.1, 0.15) is 31.9 Å². The fourth-order valence-corrected chi connectivity index (χ4v) is 2.72. The van der Waals surface area contributed by atoms with Crippen LogP contribution in [0.3, 0.4) is 0 Å². The quantitative estimate of drug-likeness (QED) is 0.667. The molecule has 0 amide bonds. The molecule has 0 radical (unpaired) electrons. The molecule has 2 aromatic rings. The van der Waals surface area contributed by atoms with Crippen LogP contribution in [-0.2, 0) is 25.6 Å². The largest absolute Gasteiger partial charge is 0.507 e. The van der Waals surface area contributed by atoms with Gasteiger partial charge in [0, 0.05) is 13.2 Å². The first-order valence-corrected chi connectivity index (χ1v) is 9.68. The number of aliphatic imine (C=N–C) groups is 1. The number of methoxy groups -OCH3 is 1. The monoisotopic (exact) mass is 413 g/mol. The lowest BCUT2D eigenvalue weighted by Crippen LogP contribution is -2.36. The fourth-order valence-electron chi connectivity index (χ4n) is 2.72. The summed E-state index contributed by atoms with van der Waals surface area (Å²) < 4.78 is 22.0. The van der Waals surface area contributed by atoms with E-state index in [1.807, 2.05) is 44.2 Å². The van der Waals surface area contributed by atoms with Gasteiger partial charge in [0.2, 0.25) is 5.90 Å². The van der Waals surface area contributed by atoms with Crippen molar-refractivity contribution in [1.82, 2.24) is 0 Å². The second-order valence-electron chi connectivity index (χ2n) is 7.97. The summed E-state index contributed by atoms with van der Waals surface area (Å²) in [6.07, 6.45) is 0. The van der Waals surface area contributed by atoms with Crippen LogP contribution in [0.5, 0.6) is 11.5 Å². The molecular weight excluding hydrogens is 386 g/mol. The number of hydrogen-bond acceptors (Lipinski definition) is 7. The van der Waals surface area contributed by atoms with Crippen molar-refractivity contribution in [3.63, 3.8) is 0 Å². The Balaban J connectivity index is 1.67. The topological polar surface area (TPSA) is 86.6 Å². The number of carbonyl (C=O) groups excluding carboxylic acids is 1. The van der Waals surface area contributed by atoms with Crippen molar-refractivity contribution in [1.29, 1.82) is 0 Å². The zero-order chi connectivity index (χ0) is 21.8. The molecule has 1 aliphatic heterocycles. The SMILES string of the molecule is COC(C)(C)COc1ccc(C2=NC(C)(C(=O)OCc3ccccc3)CO2)c(O)c1. The highest BCUT2D eigenvalue weighted by molar-refractivity contribution is 6.01. The Morgan fingerprint density at radius 2 is 1.97 bits per heavy atom. The van der Waals surface area contributed by atoms with Crippen LogP contribution in [0.25, 0.3) is 0 Å². The van der Waals surface area contributed by atoms with E-state index in [1.54, 1.807) is 26.2 Å². The van der Waals surface area contributed by atoms with E-state index in [0.29, 0.717) is 17.9 Å². The summed E-state index contributed by atoms with van der Waals surface area (Å²) in [5, 5.41) is 10.4. The fraction of sp³-hybridized carbons (Fsp3) is 0.391. The van der Waals surface area contributed by atoms with Crippen LogP contribution in [0.2, 0.25) is 0 Å². The highest BCUT2D eigenvalue weighted by atomic mass is 16.5. The molecule has 2 aromatic carbocycles. The summed E-state index contributed by atoms with van der Waals surface area (Å²) in [7, 11) is 1.61. The summed E-state index contributed by atoms with van der Waals surface area (Å²) in [5.41, 5.74) is -0.348. The average molecular weight is 413 g/mol. The number of hydrogen-bond donors (Lipinski definition) is 1. The van der Waals surface area contributed by atoms with Gasteiger partial charge in [0.25, 0.3) is 0 Å². The number of esters is 1. The summed E-state index contributed by atoms with van der Waals surface area (Å²) in [6, 6.07) is 14.3. The van der Waals surface area contributed by atoms with Crippen LogP contribution in [0.15, 0.2) is 53.5 Å². The molecule has 3 rings (SSSR count). The van der Waals surface area contributed by atoms with E-state index >= 15 is 0 Å². The van der Waals surface area contributed by atoms with Gasteiger partial charge in [0.05, 0.1) is 11.2 Å². The van der Waals surface area contributed by atoms with Gasteiger partial charge in [0.1, 0.15) is 31.3 Å². The van der Waals surface area contributed by atoms with Crippen LogP contribution in [0, 0.1) is 0 Å². The minimum atomic E-state index is -1.17. The van der Waals surface area contributed by atoms with Gasteiger partial charge >= 0.3 is 5.97 Å². The Kier molecular flexibility index (Phi) is 6.31. The van der Waals surface area contributed by atoms with Crippen molar-refractivity contribution < 1.29 is 28.8 Å². The van der Waals surface area contributed by atoms with Gasteiger partial charge < -0.3 is 24.1 Å². The van der Waals surface area contributed by atoms with Gasteiger partial charge in [0.15, 0.2) is 5.54 Å². The molecule has 1 heterocycles. The molecular formula is C23H27NO6. The standard InChI is InChI=1S/C23H27NO6/c1-22(2,27-4)14-29-17-10-11-18(19(25)12-17)20-24-23(3,15-30-20)21(26)28-13-16-8-6-5-7-9-16/h5-12,25H,13-15H2,1-4H3. The van der Waals surface area contributed by atoms with E-state index in [9.17, 15) is 9.90 Å². The van der Waals surface area contributed by atoms with Gasteiger partial charge in [-0.25, -0.2) is 9.79 Å². The van der Waals surface area contributed by atoms with Gasteiger partial charge in [-0.2, -0.15) is 0 Å². The Bertz CT molecular complexity index is 925. The summed E-state index contributed by atoms with van der Waals surface area (Å²) >= 11 is 0. The van der Waals surface area contributed by atoms with Gasteiger partial charge in [-0.3, -0.25) is 0 Å². The van der Waals surface area contributed by atoms with Crippen molar-refractivity contribution in [3.8, 4) is 11.5 Å². The molecule has 0 aliphatic carbocycles. The third kappa shape index (κ3) is 5.10. The van der Waals surface area contributed by atoms with Crippen molar-refractivity contribution in [2.45, 2.75) is 38.5 Å². The molecule has 0 saturated heterocycles. The Labute approximate surface area is 176 Å². The van der Waals surface area contributed by atoms with Crippen LogP contribution < -0.4 is 4.74 Å². The van der Waals surface area contributed by atoms with Crippen molar-refractivity contribution in [3.05, 3.63) is 59.7 Å². The molecule has 7 nitrogen and oxygen atoms in total. The highest BCUT2D eigenvalue weighted by Crippen LogP contribution is 2.30. The number of ether oxygens (including phenoxy) is 4. The molecule has 1 aliphatic rings. The van der Waals surface area contributed by atoms with Crippen LogP contribution >= 0.6 is 0 Å². The van der Waals surface area contributed by atoms with Crippen LogP contribution in [-0.4, -0.2) is 48.4 Å². The lowest BCUT2D eigenvalue weighted by atomic mass is 10.1. The molecule has 1 atom stereocenters. The first-order valence-electron chi connectivity index (χ1n) is 9.68. The Morgan fingerprint density at radius 3 is 2.63 bits per heavy atom. The average Bonchev–Trinajstić information content (AvgIpc) is 3.14. The molecule has 0 saturated carbocycles. The summed E-state index contributed by atoms with van der Waals surface area (Å²) in [6.45, 7) is 5.98. The maximum atomic E-state index is 12.6. The van der Waals surface area contributed by atoms with E-state index in [-0.39, 0.29) is 24.9 Å². The smallest absolute Gasteiger partial charge is 0.337 e. The molecule has 30 heavy (non-hydrogen) atoms. The van der Waals surface area contributed by atoms with Crippen molar-refractivity contribution >= 4 is 11.9 Å². The van der Waals surface area contributed by atoms with Gasteiger partial charge in [-0.1, -0.05) is 30.3 Å². The molecule has 0 fully saturated rings. The second-order valence-corrected chi connectivity index (χ2v) is 7.97. The summed E-state index contributed by atoms with van der Waals surface area (Å²) in [5.74, 6) is 0.145. The lowest BCUT2D eigenvalue weighted by Gasteiger charge is -2.23. The van der Waals surface area contributed by atoms with Gasteiger partial charge in [-0.05, 0) is 38.5 Å². The number of phenols is 1. The molecule has 0 bridgehead atoms. The molecule has 7 heteroatoms. The molecule has 0 aromatic heterocycles. The third-order valence-corrected chi connectivity index (χ3v) is 4.83. The first-order chi connectivity index (χ1) is 14.2. The minimum absolute atomic E-state index is 0.0374. The van der Waals surface area contributed by atoms with Crippen molar-refractivity contribution in [2.24, 2.45) is 4.99 Å². The predicted octanol–water partition coefficient (Wildman–Crippen LogP) is 3.47. The number of benzene rings is 2. The Morgan fingerprint density at radius 1 is 1.23 bits per heavy atom. The lowest BCUT2D eigenvalue weighted by molar-refractivity contribution is -0.151. The maximum absolute atomic E-state index is 12.6. The predicted molar refractivity (Wildman–Crippen MR) is 112 cm³/mol. The third-order valence-electron chi connectivity index (χ3n) is 4.83. The summed E-state index contributed by atoms with van der Waals surface area (Å²) in [4.78, 5) is 17.0. The van der Waals surface area contributed by atoms with Crippen molar-refractivity contribution in [2.75, 3.05) is 20.3 Å². The molecule has 1 unspecified atom stereocenters. The normalized spacial score (nSPS) is 18.5. The van der Waals surface area contributed by atoms with E-state index in [4.69, 9.17) is 18.9 Å². The van der Waals surface area contributed by atoms with E-state index in [1.165, 1.54) is 6.07 Å². The first kappa shape index (κ1) is 21.6. The van der Waals surface area contributed by atoms with E-state index in [2.05, 4.69) is 4.99 Å². The minimum Gasteiger partial charge on any atom is -0.507 e. The highest BCUT2D eigenvalue weighted by Gasteiger charge is 2.41. The number of rotatable bonds is 8. The van der Waals surface area contributed by atoms with E-state index in [0.717, 1.165) is 5.56 Å². The van der Waals surface area contributed by atoms with Gasteiger partial charge in [-0.15, -0.1) is 0 Å². The maximum Gasteiger partial charge on any atom is 0.337 e. The number of aromatic hydroxyl groups is 1. The van der Waals surface area contributed by atoms with E-state index < -0.39 is 17.1 Å². The number of phenolic OH excluding ortho intramolecular Hbond substituents is 1. The zero-order valence-corrected chi connectivity index (χ0v) is 17.7. The number of nitrogens with zero attached hydrogens (tertiary/aromatic N) is 1. The van der Waals surface area contributed by atoms with Crippen LogP contribution in [0.4, 0.5) is 0 Å². The zero-order valence-electron chi connectivity index (χ0n) is 17.7. The number of carbonyl (C=O) groups is 1. The Hall–Kier alpha value is -3.06. The molecule has 0 spiro atoms.